The lowest BCUT2D eigenvalue weighted by molar-refractivity contribution is -0.274. The number of rotatable bonds is 5. The van der Waals surface area contributed by atoms with Crippen LogP contribution in [0.15, 0.2) is 66.0 Å². The molecule has 27 heavy (non-hydrogen) atoms. The fourth-order valence-corrected chi connectivity index (χ4v) is 2.19. The van der Waals surface area contributed by atoms with Crippen LogP contribution in [0, 0.1) is 0 Å². The first-order chi connectivity index (χ1) is 12.9. The number of halogens is 3. The van der Waals surface area contributed by atoms with Crippen molar-refractivity contribution in [2.75, 3.05) is 5.32 Å². The van der Waals surface area contributed by atoms with E-state index >= 15 is 0 Å². The molecule has 0 aliphatic heterocycles. The Morgan fingerprint density at radius 2 is 1.96 bits per heavy atom. The zero-order chi connectivity index (χ0) is 19.3. The van der Waals surface area contributed by atoms with E-state index in [2.05, 4.69) is 25.1 Å². The van der Waals surface area contributed by atoms with E-state index in [4.69, 9.17) is 5.73 Å². The molecule has 0 fully saturated rings. The molecule has 3 rings (SSSR count). The third-order valence-corrected chi connectivity index (χ3v) is 3.34. The zero-order valence-corrected chi connectivity index (χ0v) is 13.9. The van der Waals surface area contributed by atoms with Gasteiger partial charge in [0.25, 0.3) is 0 Å². The van der Waals surface area contributed by atoms with Gasteiger partial charge in [-0.25, -0.2) is 14.7 Å². The summed E-state index contributed by atoms with van der Waals surface area (Å²) in [4.78, 5) is 8.43. The van der Waals surface area contributed by atoms with E-state index in [-0.39, 0.29) is 11.7 Å². The van der Waals surface area contributed by atoms with Gasteiger partial charge in [-0.1, -0.05) is 0 Å². The molecule has 0 amide bonds. The molecule has 0 atom stereocenters. The average molecular weight is 376 g/mol. The number of nitrogens with zero attached hydrogens (tertiary/aromatic N) is 4. The second-order valence-electron chi connectivity index (χ2n) is 5.37. The summed E-state index contributed by atoms with van der Waals surface area (Å²) in [7, 11) is 0. The fraction of sp³-hybridized carbons (Fsp3) is 0.118. The highest BCUT2D eigenvalue weighted by Gasteiger charge is 2.30. The van der Waals surface area contributed by atoms with Crippen LogP contribution < -0.4 is 15.8 Å². The first kappa shape index (κ1) is 18.2. The molecule has 2 aromatic heterocycles. The number of benzene rings is 1. The van der Waals surface area contributed by atoms with Gasteiger partial charge in [0.15, 0.2) is 11.8 Å². The van der Waals surface area contributed by atoms with E-state index in [1.807, 2.05) is 6.07 Å². The summed E-state index contributed by atoms with van der Waals surface area (Å²) in [6.45, 7) is 0.297. The molecule has 2 heterocycles. The maximum Gasteiger partial charge on any atom is 0.573 e. The third-order valence-electron chi connectivity index (χ3n) is 3.34. The number of ether oxygens (including phenoxy) is 1. The maximum absolute atomic E-state index is 12.1. The van der Waals surface area contributed by atoms with Gasteiger partial charge in [-0.2, -0.15) is 5.10 Å². The Morgan fingerprint density at radius 1 is 1.19 bits per heavy atom. The average Bonchev–Trinajstić information content (AvgIpc) is 3.15. The molecule has 10 heteroatoms. The van der Waals surface area contributed by atoms with Crippen molar-refractivity contribution in [1.29, 1.82) is 0 Å². The van der Waals surface area contributed by atoms with Gasteiger partial charge in [0.05, 0.1) is 6.54 Å². The number of alkyl halides is 3. The number of pyridine rings is 1. The van der Waals surface area contributed by atoms with Gasteiger partial charge < -0.3 is 15.8 Å². The molecule has 0 spiro atoms. The van der Waals surface area contributed by atoms with Crippen molar-refractivity contribution in [2.24, 2.45) is 10.7 Å². The standard InChI is InChI=1S/C17H15F3N6O/c18-17(19,20)27-14-4-2-13(3-5-14)25-16(21)23-11-12-6-8-22-15(10-12)26-9-1-7-24-26/h1-10H,11H2,(H3,21,23,25). The lowest BCUT2D eigenvalue weighted by Gasteiger charge is -2.10. The topological polar surface area (TPSA) is 90.4 Å². The normalized spacial score (nSPS) is 12.0. The Labute approximate surface area is 152 Å². The van der Waals surface area contributed by atoms with Crippen LogP contribution >= 0.6 is 0 Å². The van der Waals surface area contributed by atoms with Gasteiger partial charge >= 0.3 is 6.36 Å². The predicted molar refractivity (Wildman–Crippen MR) is 93.4 cm³/mol. The molecule has 140 valence electrons. The van der Waals surface area contributed by atoms with Crippen LogP contribution in [-0.4, -0.2) is 27.1 Å². The number of nitrogens with two attached hydrogens (primary N) is 1. The summed E-state index contributed by atoms with van der Waals surface area (Å²) in [5.41, 5.74) is 7.17. The Balaban J connectivity index is 1.61. The first-order valence-corrected chi connectivity index (χ1v) is 7.77. The predicted octanol–water partition coefficient (Wildman–Crippen LogP) is 3.09. The Bertz CT molecular complexity index is 907. The molecule has 0 saturated heterocycles. The number of aromatic nitrogens is 3. The summed E-state index contributed by atoms with van der Waals surface area (Å²) < 4.78 is 41.9. The number of anilines is 1. The van der Waals surface area contributed by atoms with E-state index in [1.165, 1.54) is 24.3 Å². The van der Waals surface area contributed by atoms with Crippen molar-refractivity contribution in [1.82, 2.24) is 14.8 Å². The number of hydrogen-bond acceptors (Lipinski definition) is 4. The third kappa shape index (κ3) is 5.46. The summed E-state index contributed by atoms with van der Waals surface area (Å²) in [6, 6.07) is 10.6. The van der Waals surface area contributed by atoms with Crippen LogP contribution in [0.25, 0.3) is 5.82 Å². The lowest BCUT2D eigenvalue weighted by atomic mass is 10.2. The van der Waals surface area contributed by atoms with Gasteiger partial charge in [-0.15, -0.1) is 13.2 Å². The van der Waals surface area contributed by atoms with Gasteiger partial charge in [-0.3, -0.25) is 0 Å². The molecular weight excluding hydrogens is 361 g/mol. The highest BCUT2D eigenvalue weighted by atomic mass is 19.4. The maximum atomic E-state index is 12.1. The van der Waals surface area contributed by atoms with E-state index in [9.17, 15) is 13.2 Å². The molecule has 7 nitrogen and oxygen atoms in total. The lowest BCUT2D eigenvalue weighted by Crippen LogP contribution is -2.22. The summed E-state index contributed by atoms with van der Waals surface area (Å²) >= 11 is 0. The van der Waals surface area contributed by atoms with Crippen molar-refractivity contribution in [3.8, 4) is 11.6 Å². The van der Waals surface area contributed by atoms with Gasteiger partial charge in [-0.05, 0) is 48.0 Å². The van der Waals surface area contributed by atoms with Crippen LogP contribution in [0.4, 0.5) is 18.9 Å². The smallest absolute Gasteiger partial charge is 0.406 e. The minimum absolute atomic E-state index is 0.122. The summed E-state index contributed by atoms with van der Waals surface area (Å²) in [6.07, 6.45) is 0.344. The number of guanidine groups is 1. The molecule has 0 saturated carbocycles. The number of nitrogens with one attached hydrogen (secondary N) is 1. The van der Waals surface area contributed by atoms with Crippen LogP contribution in [0.5, 0.6) is 5.75 Å². The molecular formula is C17H15F3N6O. The van der Waals surface area contributed by atoms with E-state index in [1.54, 1.807) is 35.4 Å². The van der Waals surface area contributed by atoms with Gasteiger partial charge in [0.2, 0.25) is 0 Å². The highest BCUT2D eigenvalue weighted by Crippen LogP contribution is 2.23. The molecule has 1 aromatic carbocycles. The SMILES string of the molecule is NC(=NCc1ccnc(-n2cccn2)c1)Nc1ccc(OC(F)(F)F)cc1. The van der Waals surface area contributed by atoms with Crippen molar-refractivity contribution in [2.45, 2.75) is 12.9 Å². The number of aliphatic imine (C=N–C) groups is 1. The van der Waals surface area contributed by atoms with Gasteiger partial charge in [0, 0.05) is 24.3 Å². The first-order valence-electron chi connectivity index (χ1n) is 7.77. The minimum atomic E-state index is -4.73. The van der Waals surface area contributed by atoms with E-state index < -0.39 is 6.36 Å². The molecule has 0 aliphatic carbocycles. The second kappa shape index (κ2) is 7.77. The monoisotopic (exact) mass is 376 g/mol. The second-order valence-corrected chi connectivity index (χ2v) is 5.37. The summed E-state index contributed by atoms with van der Waals surface area (Å²) in [5, 5.41) is 6.91. The van der Waals surface area contributed by atoms with Crippen LogP contribution in [-0.2, 0) is 6.54 Å². The summed E-state index contributed by atoms with van der Waals surface area (Å²) in [5.74, 6) is 0.461. The minimum Gasteiger partial charge on any atom is -0.406 e. The quantitative estimate of drug-likeness (QED) is 0.528. The molecule has 0 unspecified atom stereocenters. The molecule has 0 bridgehead atoms. The molecule has 0 aliphatic rings. The number of hydrogen-bond donors (Lipinski definition) is 2. The highest BCUT2D eigenvalue weighted by molar-refractivity contribution is 5.92. The molecule has 3 N–H and O–H groups in total. The fourth-order valence-electron chi connectivity index (χ4n) is 2.19. The van der Waals surface area contributed by atoms with Crippen molar-refractivity contribution < 1.29 is 17.9 Å². The molecule has 0 radical (unpaired) electrons. The van der Waals surface area contributed by atoms with Crippen molar-refractivity contribution >= 4 is 11.6 Å². The van der Waals surface area contributed by atoms with Crippen LogP contribution in [0.2, 0.25) is 0 Å². The van der Waals surface area contributed by atoms with E-state index in [0.717, 1.165) is 5.56 Å². The zero-order valence-electron chi connectivity index (χ0n) is 13.9. The Kier molecular flexibility index (Phi) is 5.25. The Hall–Kier alpha value is -3.56. The Morgan fingerprint density at radius 3 is 2.63 bits per heavy atom. The van der Waals surface area contributed by atoms with Crippen LogP contribution in [0.3, 0.4) is 0 Å². The van der Waals surface area contributed by atoms with Crippen molar-refractivity contribution in [3.05, 3.63) is 66.6 Å². The van der Waals surface area contributed by atoms with E-state index in [0.29, 0.717) is 18.1 Å². The van der Waals surface area contributed by atoms with Crippen molar-refractivity contribution in [3.63, 3.8) is 0 Å². The van der Waals surface area contributed by atoms with Crippen LogP contribution in [0.1, 0.15) is 5.56 Å². The van der Waals surface area contributed by atoms with Gasteiger partial charge in [0.1, 0.15) is 5.75 Å². The molecule has 3 aromatic rings. The largest absolute Gasteiger partial charge is 0.573 e.